The van der Waals surface area contributed by atoms with Gasteiger partial charge in [0.15, 0.2) is 5.82 Å². The van der Waals surface area contributed by atoms with Gasteiger partial charge in [-0.15, -0.1) is 0 Å². The molecule has 0 radical (unpaired) electrons. The molecule has 2 aromatic carbocycles. The highest BCUT2D eigenvalue weighted by molar-refractivity contribution is 6.33. The average molecular weight is 494 g/mol. The predicted octanol–water partition coefficient (Wildman–Crippen LogP) is 5.31. The lowest BCUT2D eigenvalue weighted by atomic mass is 9.87. The number of nitrogens with zero attached hydrogens (tertiary/aromatic N) is 4. The van der Waals surface area contributed by atoms with E-state index in [4.69, 9.17) is 21.3 Å². The first-order valence-corrected chi connectivity index (χ1v) is 12.2. The lowest BCUT2D eigenvalue weighted by Crippen LogP contribution is -2.47. The average Bonchev–Trinajstić information content (AvgIpc) is 3.47. The standard InChI is InChI=1S/C25H22ClFN4O.C2H7N/c1-16-23(18-6-4-7-19(27)22(18)26)31-20(9-12-28-31)24(29-16)30-13-10-25(11-14-30)15-17-5-2-3-8-21(17)32-25;1-3-2/h2-9,12H,10-11,13-15H2,1H3;3H,1-2H3. The van der Waals surface area contributed by atoms with Gasteiger partial charge in [-0.2, -0.15) is 5.10 Å². The zero-order chi connectivity index (χ0) is 24.6. The Morgan fingerprint density at radius 2 is 1.80 bits per heavy atom. The van der Waals surface area contributed by atoms with Gasteiger partial charge >= 0.3 is 0 Å². The Labute approximate surface area is 209 Å². The smallest absolute Gasteiger partial charge is 0.155 e. The zero-order valence-corrected chi connectivity index (χ0v) is 20.9. The van der Waals surface area contributed by atoms with E-state index in [2.05, 4.69) is 33.5 Å². The number of hydrogen-bond acceptors (Lipinski definition) is 5. The highest BCUT2D eigenvalue weighted by atomic mass is 35.5. The maximum Gasteiger partial charge on any atom is 0.155 e. The van der Waals surface area contributed by atoms with E-state index in [0.717, 1.165) is 55.1 Å². The van der Waals surface area contributed by atoms with Gasteiger partial charge in [0.05, 0.1) is 22.6 Å². The summed E-state index contributed by atoms with van der Waals surface area (Å²) in [7, 11) is 3.75. The number of ether oxygens (including phenoxy) is 1. The van der Waals surface area contributed by atoms with Crippen molar-refractivity contribution in [3.05, 3.63) is 76.8 Å². The van der Waals surface area contributed by atoms with E-state index in [0.29, 0.717) is 11.3 Å². The summed E-state index contributed by atoms with van der Waals surface area (Å²) in [5.41, 5.74) is 4.12. The third kappa shape index (κ3) is 4.23. The largest absolute Gasteiger partial charge is 0.487 e. The number of anilines is 1. The summed E-state index contributed by atoms with van der Waals surface area (Å²) in [6, 6.07) is 15.1. The number of fused-ring (bicyclic) bond motifs is 2. The van der Waals surface area contributed by atoms with Crippen LogP contribution in [0.1, 0.15) is 24.1 Å². The molecular weight excluding hydrogens is 465 g/mol. The molecule has 1 spiro atoms. The van der Waals surface area contributed by atoms with Crippen molar-refractivity contribution in [3.63, 3.8) is 0 Å². The summed E-state index contributed by atoms with van der Waals surface area (Å²) < 4.78 is 22.4. The molecule has 0 atom stereocenters. The number of rotatable bonds is 2. The summed E-state index contributed by atoms with van der Waals surface area (Å²) in [4.78, 5) is 7.25. The Kier molecular flexibility index (Phi) is 6.38. The molecule has 4 aromatic rings. The monoisotopic (exact) mass is 493 g/mol. The Morgan fingerprint density at radius 1 is 1.06 bits per heavy atom. The molecule has 182 valence electrons. The number of piperidine rings is 1. The fourth-order valence-electron chi connectivity index (χ4n) is 5.07. The maximum atomic E-state index is 14.1. The van der Waals surface area contributed by atoms with Crippen molar-refractivity contribution < 1.29 is 9.13 Å². The molecular formula is C27H29ClFN5O. The fourth-order valence-corrected chi connectivity index (χ4v) is 5.29. The Hall–Kier alpha value is -3.16. The van der Waals surface area contributed by atoms with E-state index in [-0.39, 0.29) is 10.6 Å². The van der Waals surface area contributed by atoms with Crippen LogP contribution < -0.4 is 15.0 Å². The summed E-state index contributed by atoms with van der Waals surface area (Å²) in [5.74, 6) is 1.46. The van der Waals surface area contributed by atoms with Crippen LogP contribution in [0.5, 0.6) is 5.75 Å². The zero-order valence-electron chi connectivity index (χ0n) is 20.2. The SMILES string of the molecule is CNC.Cc1nc(N2CCC3(CC2)Cc2ccccc2O3)c2ccnn2c1-c1cccc(F)c1Cl. The number of para-hydroxylation sites is 1. The van der Waals surface area contributed by atoms with Crippen molar-refractivity contribution in [3.8, 4) is 17.0 Å². The second-order valence-corrected chi connectivity index (χ2v) is 9.53. The van der Waals surface area contributed by atoms with Crippen LogP contribution in [0.4, 0.5) is 10.2 Å². The molecule has 2 aromatic heterocycles. The number of halogens is 2. The number of benzene rings is 2. The molecule has 0 amide bonds. The molecule has 0 unspecified atom stereocenters. The first-order chi connectivity index (χ1) is 17.0. The number of aromatic nitrogens is 3. The van der Waals surface area contributed by atoms with E-state index < -0.39 is 5.82 Å². The summed E-state index contributed by atoms with van der Waals surface area (Å²) in [6.07, 6.45) is 4.57. The minimum absolute atomic E-state index is 0.0832. The van der Waals surface area contributed by atoms with Crippen LogP contribution in [-0.4, -0.2) is 47.4 Å². The van der Waals surface area contributed by atoms with Crippen LogP contribution in [0.15, 0.2) is 54.7 Å². The first kappa shape index (κ1) is 23.6. The van der Waals surface area contributed by atoms with Crippen LogP contribution >= 0.6 is 11.6 Å². The highest BCUT2D eigenvalue weighted by Crippen LogP contribution is 2.42. The second kappa shape index (κ2) is 9.47. The van der Waals surface area contributed by atoms with Gasteiger partial charge in [-0.1, -0.05) is 41.9 Å². The highest BCUT2D eigenvalue weighted by Gasteiger charge is 2.42. The van der Waals surface area contributed by atoms with Gasteiger partial charge in [-0.25, -0.2) is 13.9 Å². The lowest BCUT2D eigenvalue weighted by Gasteiger charge is -2.39. The topological polar surface area (TPSA) is 54.7 Å². The van der Waals surface area contributed by atoms with E-state index >= 15 is 0 Å². The Bertz CT molecular complexity index is 1340. The third-order valence-corrected chi connectivity index (χ3v) is 7.08. The predicted molar refractivity (Wildman–Crippen MR) is 138 cm³/mol. The molecule has 2 aliphatic rings. The van der Waals surface area contributed by atoms with Gasteiger partial charge in [0.1, 0.15) is 22.7 Å². The number of hydrogen-bond donors (Lipinski definition) is 1. The van der Waals surface area contributed by atoms with Crippen molar-refractivity contribution in [2.75, 3.05) is 32.1 Å². The van der Waals surface area contributed by atoms with Crippen LogP contribution in [0.25, 0.3) is 16.8 Å². The number of nitrogens with one attached hydrogen (secondary N) is 1. The molecule has 1 fully saturated rings. The minimum atomic E-state index is -0.452. The van der Waals surface area contributed by atoms with Crippen LogP contribution in [0, 0.1) is 12.7 Å². The second-order valence-electron chi connectivity index (χ2n) is 9.16. The molecule has 0 saturated carbocycles. The van der Waals surface area contributed by atoms with Gasteiger partial charge in [0.25, 0.3) is 0 Å². The van der Waals surface area contributed by atoms with Crippen LogP contribution in [0.3, 0.4) is 0 Å². The van der Waals surface area contributed by atoms with Gasteiger partial charge in [-0.05, 0) is 44.8 Å². The molecule has 2 aliphatic heterocycles. The summed E-state index contributed by atoms with van der Waals surface area (Å²) in [5, 5.41) is 7.36. The minimum Gasteiger partial charge on any atom is -0.487 e. The molecule has 35 heavy (non-hydrogen) atoms. The van der Waals surface area contributed by atoms with E-state index in [9.17, 15) is 4.39 Å². The summed E-state index contributed by atoms with van der Waals surface area (Å²) >= 11 is 6.29. The number of aryl methyl sites for hydroxylation is 1. The van der Waals surface area contributed by atoms with E-state index in [1.165, 1.54) is 11.6 Å². The fraction of sp³-hybridized carbons (Fsp3) is 0.333. The van der Waals surface area contributed by atoms with E-state index in [1.807, 2.05) is 37.7 Å². The van der Waals surface area contributed by atoms with Crippen LogP contribution in [0.2, 0.25) is 5.02 Å². The molecule has 6 rings (SSSR count). The van der Waals surface area contributed by atoms with Crippen molar-refractivity contribution in [2.45, 2.75) is 31.8 Å². The Balaban J connectivity index is 0.000000806. The maximum absolute atomic E-state index is 14.1. The molecule has 0 aliphatic carbocycles. The normalized spacial score (nSPS) is 16.1. The van der Waals surface area contributed by atoms with Crippen molar-refractivity contribution in [1.82, 2.24) is 19.9 Å². The van der Waals surface area contributed by atoms with Crippen LogP contribution in [-0.2, 0) is 6.42 Å². The van der Waals surface area contributed by atoms with Gasteiger partial charge in [-0.3, -0.25) is 0 Å². The van der Waals surface area contributed by atoms with Crippen molar-refractivity contribution in [2.24, 2.45) is 0 Å². The van der Waals surface area contributed by atoms with Gasteiger partial charge in [0.2, 0.25) is 0 Å². The van der Waals surface area contributed by atoms with Crippen molar-refractivity contribution in [1.29, 1.82) is 0 Å². The molecule has 1 N–H and O–H groups in total. The summed E-state index contributed by atoms with van der Waals surface area (Å²) in [6.45, 7) is 3.62. The molecule has 0 bridgehead atoms. The lowest BCUT2D eigenvalue weighted by molar-refractivity contribution is 0.0667. The van der Waals surface area contributed by atoms with Gasteiger partial charge in [0, 0.05) is 37.9 Å². The van der Waals surface area contributed by atoms with Crippen molar-refractivity contribution >= 4 is 22.9 Å². The third-order valence-electron chi connectivity index (χ3n) is 6.69. The molecule has 6 nitrogen and oxygen atoms in total. The Morgan fingerprint density at radius 3 is 2.54 bits per heavy atom. The molecule has 4 heterocycles. The quantitative estimate of drug-likeness (QED) is 0.410. The van der Waals surface area contributed by atoms with E-state index in [1.54, 1.807) is 18.3 Å². The molecule has 1 saturated heterocycles. The van der Waals surface area contributed by atoms with Gasteiger partial charge < -0.3 is 15.0 Å². The first-order valence-electron chi connectivity index (χ1n) is 11.9. The molecule has 8 heteroatoms.